The Morgan fingerprint density at radius 3 is 3.00 bits per heavy atom. The molecule has 2 aromatic rings. The Kier molecular flexibility index (Phi) is 3.22. The van der Waals surface area contributed by atoms with E-state index in [1.807, 2.05) is 24.7 Å². The summed E-state index contributed by atoms with van der Waals surface area (Å²) >= 11 is 3.50. The van der Waals surface area contributed by atoms with Crippen LogP contribution in [0.5, 0.6) is 0 Å². The Morgan fingerprint density at radius 1 is 1.44 bits per heavy atom. The van der Waals surface area contributed by atoms with Gasteiger partial charge in [-0.05, 0) is 30.9 Å². The minimum atomic E-state index is 0.255. The van der Waals surface area contributed by atoms with E-state index in [1.54, 1.807) is 0 Å². The summed E-state index contributed by atoms with van der Waals surface area (Å²) in [6.07, 6.45) is 6.34. The summed E-state index contributed by atoms with van der Waals surface area (Å²) in [6.45, 7) is 0.854. The first-order valence-electron chi connectivity index (χ1n) is 6.25. The zero-order valence-corrected chi connectivity index (χ0v) is 11.7. The second-order valence-corrected chi connectivity index (χ2v) is 5.86. The van der Waals surface area contributed by atoms with E-state index in [1.165, 1.54) is 18.4 Å². The lowest BCUT2D eigenvalue weighted by Gasteiger charge is -2.14. The van der Waals surface area contributed by atoms with Crippen LogP contribution in [0.3, 0.4) is 0 Å². The number of halogens is 1. The van der Waals surface area contributed by atoms with Gasteiger partial charge in [0.05, 0.1) is 18.2 Å². The summed E-state index contributed by atoms with van der Waals surface area (Å²) in [7, 11) is 0. The zero-order valence-electron chi connectivity index (χ0n) is 10.1. The van der Waals surface area contributed by atoms with E-state index in [0.717, 1.165) is 16.7 Å². The molecule has 1 aliphatic rings. The Hall–Kier alpha value is -1.13. The van der Waals surface area contributed by atoms with Crippen molar-refractivity contribution in [3.8, 4) is 11.3 Å². The van der Waals surface area contributed by atoms with Crippen LogP contribution in [0.15, 0.2) is 41.3 Å². The van der Waals surface area contributed by atoms with E-state index in [9.17, 15) is 0 Å². The van der Waals surface area contributed by atoms with Gasteiger partial charge in [-0.15, -0.1) is 0 Å². The average molecular weight is 306 g/mol. The Balaban J connectivity index is 1.86. The van der Waals surface area contributed by atoms with Crippen molar-refractivity contribution in [1.29, 1.82) is 0 Å². The van der Waals surface area contributed by atoms with Gasteiger partial charge in [-0.2, -0.15) is 0 Å². The standard InChI is InChI=1S/C14H16BrN3/c15-12-3-1-2-11(6-12)14-7-17-9-18(14)8-13(16)10-4-5-10/h1-3,6-7,9-10,13H,4-5,8,16H2. The van der Waals surface area contributed by atoms with Crippen molar-refractivity contribution < 1.29 is 0 Å². The highest BCUT2D eigenvalue weighted by Gasteiger charge is 2.28. The largest absolute Gasteiger partial charge is 0.329 e. The minimum Gasteiger partial charge on any atom is -0.329 e. The molecule has 3 rings (SSSR count). The molecule has 2 N–H and O–H groups in total. The third-order valence-electron chi connectivity index (χ3n) is 3.47. The fourth-order valence-corrected chi connectivity index (χ4v) is 2.65. The van der Waals surface area contributed by atoms with Crippen molar-refractivity contribution in [2.75, 3.05) is 0 Å². The molecule has 94 valence electrons. The van der Waals surface area contributed by atoms with Crippen molar-refractivity contribution in [1.82, 2.24) is 9.55 Å². The lowest BCUT2D eigenvalue weighted by molar-refractivity contribution is 0.505. The first-order chi connectivity index (χ1) is 8.74. The SMILES string of the molecule is NC(Cn1cncc1-c1cccc(Br)c1)C1CC1. The number of nitrogens with two attached hydrogens (primary N) is 1. The molecule has 3 nitrogen and oxygen atoms in total. The molecule has 1 aliphatic carbocycles. The fraction of sp³-hybridized carbons (Fsp3) is 0.357. The van der Waals surface area contributed by atoms with Crippen LogP contribution < -0.4 is 5.73 Å². The second kappa shape index (κ2) is 4.86. The monoisotopic (exact) mass is 305 g/mol. The van der Waals surface area contributed by atoms with Crippen molar-refractivity contribution in [2.45, 2.75) is 25.4 Å². The fourth-order valence-electron chi connectivity index (χ4n) is 2.25. The molecule has 0 radical (unpaired) electrons. The Bertz CT molecular complexity index is 545. The van der Waals surface area contributed by atoms with Gasteiger partial charge in [-0.25, -0.2) is 4.98 Å². The lowest BCUT2D eigenvalue weighted by atomic mass is 10.1. The van der Waals surface area contributed by atoms with Gasteiger partial charge >= 0.3 is 0 Å². The summed E-state index contributed by atoms with van der Waals surface area (Å²) < 4.78 is 3.24. The highest BCUT2D eigenvalue weighted by atomic mass is 79.9. The zero-order chi connectivity index (χ0) is 12.5. The van der Waals surface area contributed by atoms with E-state index in [2.05, 4.69) is 37.6 Å². The van der Waals surface area contributed by atoms with Gasteiger partial charge in [0.25, 0.3) is 0 Å². The van der Waals surface area contributed by atoms with Gasteiger partial charge < -0.3 is 10.3 Å². The maximum absolute atomic E-state index is 6.19. The molecule has 1 fully saturated rings. The second-order valence-electron chi connectivity index (χ2n) is 4.94. The van der Waals surface area contributed by atoms with Crippen LogP contribution in [-0.4, -0.2) is 15.6 Å². The van der Waals surface area contributed by atoms with Gasteiger partial charge in [0.15, 0.2) is 0 Å². The molecule has 1 saturated carbocycles. The van der Waals surface area contributed by atoms with Gasteiger partial charge in [-0.1, -0.05) is 28.1 Å². The first-order valence-corrected chi connectivity index (χ1v) is 7.05. The molecule has 0 spiro atoms. The molecule has 1 aromatic carbocycles. The van der Waals surface area contributed by atoms with E-state index >= 15 is 0 Å². The number of nitrogens with zero attached hydrogens (tertiary/aromatic N) is 2. The van der Waals surface area contributed by atoms with Gasteiger partial charge in [0.2, 0.25) is 0 Å². The quantitative estimate of drug-likeness (QED) is 0.943. The number of benzene rings is 1. The van der Waals surface area contributed by atoms with Crippen LogP contribution in [0.1, 0.15) is 12.8 Å². The van der Waals surface area contributed by atoms with E-state index < -0.39 is 0 Å². The maximum Gasteiger partial charge on any atom is 0.0951 e. The number of aromatic nitrogens is 2. The lowest BCUT2D eigenvalue weighted by Crippen LogP contribution is -2.28. The average Bonchev–Trinajstić information content (AvgIpc) is 3.11. The molecule has 4 heteroatoms. The van der Waals surface area contributed by atoms with Crippen molar-refractivity contribution in [3.63, 3.8) is 0 Å². The third kappa shape index (κ3) is 2.49. The van der Waals surface area contributed by atoms with E-state index in [4.69, 9.17) is 5.73 Å². The number of imidazole rings is 1. The van der Waals surface area contributed by atoms with Crippen LogP contribution in [-0.2, 0) is 6.54 Å². The molecular weight excluding hydrogens is 290 g/mol. The highest BCUT2D eigenvalue weighted by Crippen LogP contribution is 2.33. The predicted octanol–water partition coefficient (Wildman–Crippen LogP) is 3.05. The molecule has 0 bridgehead atoms. The van der Waals surface area contributed by atoms with Crippen molar-refractivity contribution >= 4 is 15.9 Å². The molecule has 0 saturated heterocycles. The molecule has 18 heavy (non-hydrogen) atoms. The molecular formula is C14H16BrN3. The first kappa shape index (κ1) is 11.9. The maximum atomic E-state index is 6.19. The molecule has 1 atom stereocenters. The minimum absolute atomic E-state index is 0.255. The van der Waals surface area contributed by atoms with Gasteiger partial charge in [0, 0.05) is 22.6 Å². The summed E-state index contributed by atoms with van der Waals surface area (Å²) in [5.74, 6) is 0.711. The molecule has 1 unspecified atom stereocenters. The highest BCUT2D eigenvalue weighted by molar-refractivity contribution is 9.10. The Morgan fingerprint density at radius 2 is 2.28 bits per heavy atom. The van der Waals surface area contributed by atoms with Crippen LogP contribution in [0, 0.1) is 5.92 Å². The predicted molar refractivity (Wildman–Crippen MR) is 76.1 cm³/mol. The van der Waals surface area contributed by atoms with Crippen LogP contribution in [0.4, 0.5) is 0 Å². The smallest absolute Gasteiger partial charge is 0.0951 e. The normalized spacial score (nSPS) is 16.8. The molecule has 1 aromatic heterocycles. The topological polar surface area (TPSA) is 43.8 Å². The summed E-state index contributed by atoms with van der Waals surface area (Å²) in [6, 6.07) is 8.53. The van der Waals surface area contributed by atoms with Gasteiger partial charge in [-0.3, -0.25) is 0 Å². The van der Waals surface area contributed by atoms with Crippen molar-refractivity contribution in [3.05, 3.63) is 41.3 Å². The van der Waals surface area contributed by atoms with Crippen LogP contribution in [0.25, 0.3) is 11.3 Å². The molecule has 0 amide bonds. The molecule has 1 heterocycles. The van der Waals surface area contributed by atoms with Crippen LogP contribution >= 0.6 is 15.9 Å². The third-order valence-corrected chi connectivity index (χ3v) is 3.96. The van der Waals surface area contributed by atoms with E-state index in [0.29, 0.717) is 5.92 Å². The van der Waals surface area contributed by atoms with E-state index in [-0.39, 0.29) is 6.04 Å². The summed E-state index contributed by atoms with van der Waals surface area (Å²) in [5, 5.41) is 0. The summed E-state index contributed by atoms with van der Waals surface area (Å²) in [5.41, 5.74) is 8.49. The van der Waals surface area contributed by atoms with Crippen LogP contribution in [0.2, 0.25) is 0 Å². The van der Waals surface area contributed by atoms with Crippen molar-refractivity contribution in [2.24, 2.45) is 11.7 Å². The number of hydrogen-bond acceptors (Lipinski definition) is 2. The Labute approximate surface area is 115 Å². The molecule has 0 aliphatic heterocycles. The summed E-state index contributed by atoms with van der Waals surface area (Å²) in [4.78, 5) is 4.25. The number of rotatable bonds is 4. The van der Waals surface area contributed by atoms with Gasteiger partial charge in [0.1, 0.15) is 0 Å². The number of hydrogen-bond donors (Lipinski definition) is 1.